The van der Waals surface area contributed by atoms with Crippen LogP contribution in [-0.4, -0.2) is 0 Å². The predicted octanol–water partition coefficient (Wildman–Crippen LogP) is 15.9. The predicted molar refractivity (Wildman–Crippen MR) is 247 cm³/mol. The van der Waals surface area contributed by atoms with Gasteiger partial charge < -0.3 is 0 Å². The molecular formula is C55H44S. The van der Waals surface area contributed by atoms with Crippen molar-refractivity contribution in [2.24, 2.45) is 5.92 Å². The van der Waals surface area contributed by atoms with Gasteiger partial charge in [-0.25, -0.2) is 0 Å². The van der Waals surface area contributed by atoms with Crippen molar-refractivity contribution in [2.45, 2.75) is 39.5 Å². The van der Waals surface area contributed by atoms with E-state index >= 15 is 0 Å². The average Bonchev–Trinajstić information content (AvgIpc) is 3.66. The van der Waals surface area contributed by atoms with Gasteiger partial charge in [0.1, 0.15) is 0 Å². The number of allylic oxidation sites excluding steroid dienone is 9. The van der Waals surface area contributed by atoms with Crippen LogP contribution in [0.25, 0.3) is 88.8 Å². The van der Waals surface area contributed by atoms with Gasteiger partial charge in [-0.15, -0.1) is 11.3 Å². The fourth-order valence-electron chi connectivity index (χ4n) is 9.87. The molecule has 3 aliphatic rings. The second kappa shape index (κ2) is 13.0. The SMILES string of the molecule is C=Cc1c(C=C)c(-c2cccc(-c3ccc4c(c3)-c3c(ccc5cc6c(C)c(/C=C\C)sc6cc35)C4(C)C)c2)c2ccccc2c1C1=CC=C2C=CC=CC2C1. The molecule has 0 aliphatic heterocycles. The first-order valence-corrected chi connectivity index (χ1v) is 20.6. The Labute approximate surface area is 334 Å². The number of hydrogen-bond donors (Lipinski definition) is 0. The minimum absolute atomic E-state index is 0.0919. The molecule has 6 aromatic carbocycles. The Kier molecular flexibility index (Phi) is 8.03. The lowest BCUT2D eigenvalue weighted by Crippen LogP contribution is -2.14. The summed E-state index contributed by atoms with van der Waals surface area (Å²) in [6.07, 6.45) is 22.9. The average molecular weight is 737 g/mol. The fraction of sp³-hybridized carbons (Fsp3) is 0.127. The van der Waals surface area contributed by atoms with Gasteiger partial charge in [-0.05, 0) is 155 Å². The summed E-state index contributed by atoms with van der Waals surface area (Å²) in [4.78, 5) is 1.34. The normalized spacial score (nSPS) is 16.6. The van der Waals surface area contributed by atoms with Crippen molar-refractivity contribution in [1.29, 1.82) is 0 Å². The summed E-state index contributed by atoms with van der Waals surface area (Å²) in [5, 5.41) is 6.49. The zero-order chi connectivity index (χ0) is 38.3. The summed E-state index contributed by atoms with van der Waals surface area (Å²) in [5.74, 6) is 0.389. The zero-order valence-corrected chi connectivity index (χ0v) is 33.4. The summed E-state index contributed by atoms with van der Waals surface area (Å²) in [5.41, 5.74) is 17.9. The highest BCUT2D eigenvalue weighted by Crippen LogP contribution is 2.53. The van der Waals surface area contributed by atoms with Crippen molar-refractivity contribution in [2.75, 3.05) is 0 Å². The van der Waals surface area contributed by atoms with E-state index in [0.717, 1.165) is 17.5 Å². The molecule has 270 valence electrons. The van der Waals surface area contributed by atoms with E-state index in [2.05, 4.69) is 180 Å². The molecule has 0 fully saturated rings. The molecule has 56 heavy (non-hydrogen) atoms. The molecule has 0 saturated carbocycles. The van der Waals surface area contributed by atoms with Gasteiger partial charge in [0.25, 0.3) is 0 Å². The third-order valence-corrected chi connectivity index (χ3v) is 13.9. The quantitative estimate of drug-likeness (QED) is 0.159. The van der Waals surface area contributed by atoms with Crippen molar-refractivity contribution in [3.8, 4) is 33.4 Å². The highest BCUT2D eigenvalue weighted by atomic mass is 32.1. The molecule has 10 rings (SSSR count). The maximum atomic E-state index is 4.40. The Morgan fingerprint density at radius 3 is 2.25 bits per heavy atom. The van der Waals surface area contributed by atoms with Gasteiger partial charge in [-0.3, -0.25) is 0 Å². The zero-order valence-electron chi connectivity index (χ0n) is 32.5. The van der Waals surface area contributed by atoms with E-state index in [9.17, 15) is 0 Å². The monoisotopic (exact) mass is 736 g/mol. The third kappa shape index (κ3) is 5.11. The van der Waals surface area contributed by atoms with Crippen LogP contribution in [0.5, 0.6) is 0 Å². The lowest BCUT2D eigenvalue weighted by atomic mass is 9.77. The topological polar surface area (TPSA) is 0 Å². The number of thiophene rings is 1. The smallest absolute Gasteiger partial charge is 0.0358 e. The maximum Gasteiger partial charge on any atom is 0.0358 e. The molecule has 0 radical (unpaired) electrons. The second-order valence-electron chi connectivity index (χ2n) is 16.1. The molecule has 0 bridgehead atoms. The lowest BCUT2D eigenvalue weighted by Gasteiger charge is -2.26. The third-order valence-electron chi connectivity index (χ3n) is 12.7. The van der Waals surface area contributed by atoms with Crippen molar-refractivity contribution in [3.63, 3.8) is 0 Å². The summed E-state index contributed by atoms with van der Waals surface area (Å²) >= 11 is 1.90. The van der Waals surface area contributed by atoms with Gasteiger partial charge in [-0.2, -0.15) is 0 Å². The molecule has 7 aromatic rings. The number of benzene rings is 6. The van der Waals surface area contributed by atoms with Crippen LogP contribution in [0.2, 0.25) is 0 Å². The Morgan fingerprint density at radius 1 is 0.696 bits per heavy atom. The first kappa shape index (κ1) is 34.5. The molecule has 0 saturated heterocycles. The molecule has 1 heterocycles. The Morgan fingerprint density at radius 2 is 1.45 bits per heavy atom. The van der Waals surface area contributed by atoms with Crippen LogP contribution in [0.4, 0.5) is 0 Å². The van der Waals surface area contributed by atoms with Crippen LogP contribution >= 0.6 is 11.3 Å². The van der Waals surface area contributed by atoms with Crippen LogP contribution in [0, 0.1) is 12.8 Å². The summed E-state index contributed by atoms with van der Waals surface area (Å²) in [7, 11) is 0. The van der Waals surface area contributed by atoms with Gasteiger partial charge in [0.15, 0.2) is 0 Å². The van der Waals surface area contributed by atoms with E-state index in [-0.39, 0.29) is 5.41 Å². The van der Waals surface area contributed by atoms with Crippen LogP contribution < -0.4 is 0 Å². The summed E-state index contributed by atoms with van der Waals surface area (Å²) < 4.78 is 1.35. The number of hydrogen-bond acceptors (Lipinski definition) is 1. The molecular weight excluding hydrogens is 693 g/mol. The van der Waals surface area contributed by atoms with Crippen LogP contribution in [0.1, 0.15) is 65.4 Å². The largest absolute Gasteiger partial charge is 0.136 e. The first-order chi connectivity index (χ1) is 27.3. The van der Waals surface area contributed by atoms with Crippen molar-refractivity contribution in [1.82, 2.24) is 0 Å². The maximum absolute atomic E-state index is 4.40. The van der Waals surface area contributed by atoms with Gasteiger partial charge in [-0.1, -0.05) is 148 Å². The van der Waals surface area contributed by atoms with Gasteiger partial charge in [0.2, 0.25) is 0 Å². The Balaban J connectivity index is 1.13. The lowest BCUT2D eigenvalue weighted by molar-refractivity contribution is 0.661. The number of aryl methyl sites for hydroxylation is 1. The van der Waals surface area contributed by atoms with Gasteiger partial charge >= 0.3 is 0 Å². The Hall–Kier alpha value is -6.02. The van der Waals surface area contributed by atoms with Crippen molar-refractivity contribution >= 4 is 66.8 Å². The van der Waals surface area contributed by atoms with Crippen molar-refractivity contribution < 1.29 is 0 Å². The number of fused-ring (bicyclic) bond motifs is 8. The van der Waals surface area contributed by atoms with E-state index in [1.54, 1.807) is 0 Å². The molecule has 1 heteroatoms. The second-order valence-corrected chi connectivity index (χ2v) is 17.1. The minimum Gasteiger partial charge on any atom is -0.136 e. The number of rotatable bonds is 6. The Bertz CT molecular complexity index is 3020. The van der Waals surface area contributed by atoms with E-state index in [1.807, 2.05) is 23.5 Å². The fourth-order valence-corrected chi connectivity index (χ4v) is 11.1. The summed E-state index contributed by atoms with van der Waals surface area (Å²) in [6.45, 7) is 17.9. The summed E-state index contributed by atoms with van der Waals surface area (Å²) in [6, 6.07) is 34.7. The molecule has 0 nitrogen and oxygen atoms in total. The van der Waals surface area contributed by atoms with E-state index < -0.39 is 0 Å². The molecule has 0 N–H and O–H groups in total. The van der Waals surface area contributed by atoms with Gasteiger partial charge in [0.05, 0.1) is 0 Å². The van der Waals surface area contributed by atoms with Gasteiger partial charge in [0, 0.05) is 20.9 Å². The van der Waals surface area contributed by atoms with Crippen LogP contribution in [0.3, 0.4) is 0 Å². The first-order valence-electron chi connectivity index (χ1n) is 19.8. The molecule has 3 aliphatic carbocycles. The van der Waals surface area contributed by atoms with Crippen LogP contribution in [0.15, 0.2) is 152 Å². The molecule has 1 aromatic heterocycles. The highest BCUT2D eigenvalue weighted by molar-refractivity contribution is 7.20. The molecule has 1 unspecified atom stereocenters. The van der Waals surface area contributed by atoms with Crippen molar-refractivity contribution in [3.05, 3.63) is 191 Å². The minimum atomic E-state index is -0.0919. The highest BCUT2D eigenvalue weighted by Gasteiger charge is 2.37. The van der Waals surface area contributed by atoms with Crippen LogP contribution in [-0.2, 0) is 5.41 Å². The molecule has 0 amide bonds. The van der Waals surface area contributed by atoms with E-state index in [0.29, 0.717) is 5.92 Å². The molecule has 0 spiro atoms. The van der Waals surface area contributed by atoms with E-state index in [1.165, 1.54) is 103 Å². The standard InChI is InChI=1S/C55H44S/c1-7-15-50-33(4)45-31-38-25-27-49-54(46(38)32-51(45)56-50)47-30-37(24-26-48(47)55(49,5)6)36-18-14-19-39(29-36)52-41(8-2)42(9-3)53(44-21-13-12-20-43(44)52)40-23-22-34-16-10-11-17-35(34)28-40/h7-27,29-32,35H,2-3,28H2,1,4-6H3/b15-7-. The molecule has 1 atom stereocenters. The van der Waals surface area contributed by atoms with E-state index in [4.69, 9.17) is 0 Å².